The molecular formula is C15H14BrNO4. The molecule has 5 nitrogen and oxygen atoms in total. The maximum absolute atomic E-state index is 12.0. The van der Waals surface area contributed by atoms with E-state index in [2.05, 4.69) is 21.2 Å². The predicted octanol–water partition coefficient (Wildman–Crippen LogP) is 3.53. The van der Waals surface area contributed by atoms with E-state index < -0.39 is 18.0 Å². The van der Waals surface area contributed by atoms with Crippen molar-refractivity contribution in [3.63, 3.8) is 0 Å². The molecule has 110 valence electrons. The molecule has 0 aliphatic heterocycles. The minimum Gasteiger partial charge on any atom is -0.447 e. The Morgan fingerprint density at radius 3 is 2.57 bits per heavy atom. The van der Waals surface area contributed by atoms with Gasteiger partial charge in [0.1, 0.15) is 0 Å². The quantitative estimate of drug-likeness (QED) is 0.855. The number of carbonyl (C=O) groups is 2. The van der Waals surface area contributed by atoms with E-state index in [1.54, 1.807) is 12.1 Å². The molecule has 21 heavy (non-hydrogen) atoms. The lowest BCUT2D eigenvalue weighted by atomic mass is 10.2. The molecule has 0 radical (unpaired) electrons. The lowest BCUT2D eigenvalue weighted by Gasteiger charge is -2.13. The van der Waals surface area contributed by atoms with Crippen LogP contribution in [0.15, 0.2) is 45.5 Å². The summed E-state index contributed by atoms with van der Waals surface area (Å²) in [6.07, 6.45) is -0.930. The molecule has 2 aromatic rings. The van der Waals surface area contributed by atoms with E-state index in [1.807, 2.05) is 25.1 Å². The van der Waals surface area contributed by atoms with Gasteiger partial charge in [0.15, 0.2) is 10.8 Å². The van der Waals surface area contributed by atoms with E-state index in [-0.39, 0.29) is 5.76 Å². The van der Waals surface area contributed by atoms with Crippen molar-refractivity contribution >= 4 is 33.5 Å². The fourth-order valence-electron chi connectivity index (χ4n) is 1.64. The zero-order chi connectivity index (χ0) is 15.4. The molecule has 0 spiro atoms. The van der Waals surface area contributed by atoms with Crippen molar-refractivity contribution < 1.29 is 18.7 Å². The van der Waals surface area contributed by atoms with Crippen molar-refractivity contribution in [2.24, 2.45) is 0 Å². The Labute approximate surface area is 130 Å². The molecule has 0 aliphatic rings. The molecule has 1 atom stereocenters. The Morgan fingerprint density at radius 2 is 1.95 bits per heavy atom. The van der Waals surface area contributed by atoms with Gasteiger partial charge in [0.25, 0.3) is 5.91 Å². The minimum atomic E-state index is -0.930. The van der Waals surface area contributed by atoms with E-state index in [0.29, 0.717) is 10.4 Å². The summed E-state index contributed by atoms with van der Waals surface area (Å²) in [4.78, 5) is 23.8. The standard InChI is InChI=1S/C15H14BrNO4/c1-9-5-3-4-6-11(9)17-14(18)10(2)20-15(19)12-7-8-13(16)21-12/h3-8,10H,1-2H3,(H,17,18)/t10-/m1/s1. The highest BCUT2D eigenvalue weighted by Gasteiger charge is 2.21. The van der Waals surface area contributed by atoms with Crippen LogP contribution in [-0.4, -0.2) is 18.0 Å². The number of hydrogen-bond donors (Lipinski definition) is 1. The van der Waals surface area contributed by atoms with E-state index in [9.17, 15) is 9.59 Å². The first-order valence-corrected chi connectivity index (χ1v) is 7.09. The lowest BCUT2D eigenvalue weighted by Crippen LogP contribution is -2.30. The Balaban J connectivity index is 1.97. The molecule has 0 saturated heterocycles. The number of amides is 1. The number of nitrogens with one attached hydrogen (secondary N) is 1. The number of carbonyl (C=O) groups excluding carboxylic acids is 2. The van der Waals surface area contributed by atoms with E-state index in [1.165, 1.54) is 13.0 Å². The first-order chi connectivity index (χ1) is 9.97. The Kier molecular flexibility index (Phi) is 4.80. The predicted molar refractivity (Wildman–Crippen MR) is 81.1 cm³/mol. The van der Waals surface area contributed by atoms with Gasteiger partial charge in [-0.3, -0.25) is 4.79 Å². The number of para-hydroxylation sites is 1. The average Bonchev–Trinajstić information content (AvgIpc) is 2.88. The zero-order valence-corrected chi connectivity index (χ0v) is 13.1. The van der Waals surface area contributed by atoms with Gasteiger partial charge < -0.3 is 14.5 Å². The van der Waals surface area contributed by atoms with Gasteiger partial charge in [-0.15, -0.1) is 0 Å². The van der Waals surface area contributed by atoms with Gasteiger partial charge in [-0.1, -0.05) is 18.2 Å². The number of anilines is 1. The molecule has 1 heterocycles. The maximum Gasteiger partial charge on any atom is 0.375 e. The van der Waals surface area contributed by atoms with Crippen molar-refractivity contribution in [1.29, 1.82) is 0 Å². The number of ether oxygens (including phenoxy) is 1. The van der Waals surface area contributed by atoms with Crippen molar-refractivity contribution in [1.82, 2.24) is 0 Å². The van der Waals surface area contributed by atoms with Crippen molar-refractivity contribution in [3.05, 3.63) is 52.4 Å². The van der Waals surface area contributed by atoms with Gasteiger partial charge >= 0.3 is 5.97 Å². The molecule has 2 rings (SSSR count). The van der Waals surface area contributed by atoms with Crippen LogP contribution in [0.4, 0.5) is 5.69 Å². The number of furan rings is 1. The summed E-state index contributed by atoms with van der Waals surface area (Å²) in [5.41, 5.74) is 1.62. The monoisotopic (exact) mass is 351 g/mol. The minimum absolute atomic E-state index is 0.0393. The van der Waals surface area contributed by atoms with Crippen LogP contribution in [0.25, 0.3) is 0 Å². The van der Waals surface area contributed by atoms with Gasteiger partial charge in [0.2, 0.25) is 5.76 Å². The second-order valence-electron chi connectivity index (χ2n) is 4.46. The molecule has 1 aromatic heterocycles. The van der Waals surface area contributed by atoms with Crippen molar-refractivity contribution in [3.8, 4) is 0 Å². The first kappa shape index (κ1) is 15.3. The molecule has 6 heteroatoms. The SMILES string of the molecule is Cc1ccccc1NC(=O)[C@@H](C)OC(=O)c1ccc(Br)o1. The molecule has 0 bridgehead atoms. The topological polar surface area (TPSA) is 68.5 Å². The third-order valence-corrected chi connectivity index (χ3v) is 3.26. The molecular weight excluding hydrogens is 338 g/mol. The van der Waals surface area contributed by atoms with Crippen LogP contribution >= 0.6 is 15.9 Å². The third-order valence-electron chi connectivity index (χ3n) is 2.83. The molecule has 1 aromatic carbocycles. The van der Waals surface area contributed by atoms with E-state index >= 15 is 0 Å². The lowest BCUT2D eigenvalue weighted by molar-refractivity contribution is -0.123. The highest BCUT2D eigenvalue weighted by atomic mass is 79.9. The maximum atomic E-state index is 12.0. The fraction of sp³-hybridized carbons (Fsp3) is 0.200. The van der Waals surface area contributed by atoms with Gasteiger partial charge in [-0.05, 0) is 53.5 Å². The number of benzene rings is 1. The number of esters is 1. The molecule has 0 saturated carbocycles. The van der Waals surface area contributed by atoms with Crippen molar-refractivity contribution in [2.45, 2.75) is 20.0 Å². The van der Waals surface area contributed by atoms with Gasteiger partial charge in [0.05, 0.1) is 0 Å². The smallest absolute Gasteiger partial charge is 0.375 e. The van der Waals surface area contributed by atoms with Crippen LogP contribution in [-0.2, 0) is 9.53 Å². The zero-order valence-electron chi connectivity index (χ0n) is 11.6. The number of hydrogen-bond acceptors (Lipinski definition) is 4. The molecule has 1 N–H and O–H groups in total. The summed E-state index contributed by atoms with van der Waals surface area (Å²) in [6.45, 7) is 3.39. The van der Waals surface area contributed by atoms with Crippen LogP contribution in [0.5, 0.6) is 0 Å². The molecule has 1 amide bonds. The Hall–Kier alpha value is -2.08. The van der Waals surface area contributed by atoms with E-state index in [0.717, 1.165) is 5.56 Å². The van der Waals surface area contributed by atoms with Crippen LogP contribution in [0, 0.1) is 6.92 Å². The normalized spacial score (nSPS) is 11.8. The molecule has 0 aliphatic carbocycles. The van der Waals surface area contributed by atoms with Crippen LogP contribution < -0.4 is 5.32 Å². The van der Waals surface area contributed by atoms with Gasteiger partial charge in [0, 0.05) is 5.69 Å². The highest BCUT2D eigenvalue weighted by molar-refractivity contribution is 9.10. The summed E-state index contributed by atoms with van der Waals surface area (Å²) in [5, 5.41) is 2.72. The van der Waals surface area contributed by atoms with Crippen LogP contribution in [0.3, 0.4) is 0 Å². The fourth-order valence-corrected chi connectivity index (χ4v) is 1.95. The largest absolute Gasteiger partial charge is 0.447 e. The third kappa shape index (κ3) is 3.95. The highest BCUT2D eigenvalue weighted by Crippen LogP contribution is 2.16. The number of aryl methyl sites for hydroxylation is 1. The Bertz CT molecular complexity index is 665. The van der Waals surface area contributed by atoms with Gasteiger partial charge in [-0.2, -0.15) is 0 Å². The molecule has 0 fully saturated rings. The average molecular weight is 352 g/mol. The summed E-state index contributed by atoms with van der Waals surface area (Å²) in [6, 6.07) is 10.4. The van der Waals surface area contributed by atoms with E-state index in [4.69, 9.17) is 9.15 Å². The summed E-state index contributed by atoms with van der Waals surface area (Å²) < 4.78 is 10.6. The summed E-state index contributed by atoms with van der Waals surface area (Å²) in [5.74, 6) is -1.05. The summed E-state index contributed by atoms with van der Waals surface area (Å²) >= 11 is 3.09. The van der Waals surface area contributed by atoms with Gasteiger partial charge in [-0.25, -0.2) is 4.79 Å². The van der Waals surface area contributed by atoms with Crippen molar-refractivity contribution in [2.75, 3.05) is 5.32 Å². The Morgan fingerprint density at radius 1 is 1.24 bits per heavy atom. The van der Waals surface area contributed by atoms with Crippen LogP contribution in [0.2, 0.25) is 0 Å². The number of rotatable bonds is 4. The second-order valence-corrected chi connectivity index (χ2v) is 5.24. The molecule has 0 unspecified atom stereocenters. The summed E-state index contributed by atoms with van der Waals surface area (Å²) in [7, 11) is 0. The van der Waals surface area contributed by atoms with Crippen LogP contribution in [0.1, 0.15) is 23.0 Å². The second kappa shape index (κ2) is 6.58. The first-order valence-electron chi connectivity index (χ1n) is 6.30. The number of halogens is 1.